The van der Waals surface area contributed by atoms with E-state index >= 15 is 0 Å². The van der Waals surface area contributed by atoms with Crippen LogP contribution < -0.4 is 10.6 Å². The predicted octanol–water partition coefficient (Wildman–Crippen LogP) is 5.49. The molecule has 0 saturated carbocycles. The number of hydrogen-bond acceptors (Lipinski definition) is 6. The summed E-state index contributed by atoms with van der Waals surface area (Å²) in [5, 5.41) is 7.27. The molecule has 140 valence electrons. The summed E-state index contributed by atoms with van der Waals surface area (Å²) in [5.74, 6) is 1.01. The Kier molecular flexibility index (Phi) is 4.79. The minimum absolute atomic E-state index is 0.422. The fourth-order valence-electron chi connectivity index (χ4n) is 2.85. The van der Waals surface area contributed by atoms with Gasteiger partial charge in [-0.05, 0) is 55.7 Å². The summed E-state index contributed by atoms with van der Waals surface area (Å²) in [6.07, 6.45) is 3.25. The standard InChI is InChI=1S/C21H19ClN6/c1-12-4-5-13(2)16(10-12)25-20-18-19(24-9-8-23-18)27-21(28-20)26-17-11-15(22)7-6-14(17)3/h4-11H,1-3H3,(H2,24,25,26,27,28). The van der Waals surface area contributed by atoms with E-state index in [0.717, 1.165) is 28.1 Å². The van der Waals surface area contributed by atoms with Gasteiger partial charge < -0.3 is 10.6 Å². The molecule has 0 fully saturated rings. The highest BCUT2D eigenvalue weighted by Crippen LogP contribution is 2.28. The molecular weight excluding hydrogens is 372 g/mol. The van der Waals surface area contributed by atoms with Crippen LogP contribution in [0.1, 0.15) is 16.7 Å². The molecule has 28 heavy (non-hydrogen) atoms. The van der Waals surface area contributed by atoms with Gasteiger partial charge in [0.05, 0.1) is 0 Å². The molecule has 2 aromatic heterocycles. The van der Waals surface area contributed by atoms with E-state index in [4.69, 9.17) is 11.6 Å². The second-order valence-corrected chi connectivity index (χ2v) is 7.09. The Morgan fingerprint density at radius 1 is 0.786 bits per heavy atom. The van der Waals surface area contributed by atoms with E-state index in [9.17, 15) is 0 Å². The Morgan fingerprint density at radius 2 is 1.50 bits per heavy atom. The van der Waals surface area contributed by atoms with E-state index in [0.29, 0.717) is 28.0 Å². The Morgan fingerprint density at radius 3 is 2.32 bits per heavy atom. The maximum atomic E-state index is 6.13. The normalized spacial score (nSPS) is 10.9. The topological polar surface area (TPSA) is 75.6 Å². The summed E-state index contributed by atoms with van der Waals surface area (Å²) >= 11 is 6.13. The van der Waals surface area contributed by atoms with Crippen molar-refractivity contribution < 1.29 is 0 Å². The lowest BCUT2D eigenvalue weighted by Crippen LogP contribution is -2.05. The first-order chi connectivity index (χ1) is 13.5. The number of benzene rings is 2. The van der Waals surface area contributed by atoms with Crippen molar-refractivity contribution in [3.63, 3.8) is 0 Å². The van der Waals surface area contributed by atoms with Crippen LogP contribution in [0, 0.1) is 20.8 Å². The third kappa shape index (κ3) is 3.73. The maximum absolute atomic E-state index is 6.13. The van der Waals surface area contributed by atoms with Gasteiger partial charge in [-0.1, -0.05) is 29.8 Å². The Labute approximate surface area is 168 Å². The van der Waals surface area contributed by atoms with Crippen LogP contribution in [0.25, 0.3) is 11.2 Å². The van der Waals surface area contributed by atoms with E-state index < -0.39 is 0 Å². The first kappa shape index (κ1) is 18.1. The average Bonchev–Trinajstić information content (AvgIpc) is 2.67. The van der Waals surface area contributed by atoms with Crippen molar-refractivity contribution in [1.82, 2.24) is 19.9 Å². The third-order valence-corrected chi connectivity index (χ3v) is 4.66. The van der Waals surface area contributed by atoms with Crippen LogP contribution in [0.15, 0.2) is 48.8 Å². The zero-order valence-corrected chi connectivity index (χ0v) is 16.5. The van der Waals surface area contributed by atoms with E-state index in [1.54, 1.807) is 12.4 Å². The summed E-state index contributed by atoms with van der Waals surface area (Å²) in [6, 6.07) is 11.9. The van der Waals surface area contributed by atoms with E-state index in [1.165, 1.54) is 0 Å². The summed E-state index contributed by atoms with van der Waals surface area (Å²) < 4.78 is 0. The van der Waals surface area contributed by atoms with Gasteiger partial charge in [0.25, 0.3) is 0 Å². The van der Waals surface area contributed by atoms with Crippen LogP contribution in [-0.2, 0) is 0 Å². The fourth-order valence-corrected chi connectivity index (χ4v) is 3.03. The molecule has 2 aromatic carbocycles. The van der Waals surface area contributed by atoms with E-state index in [1.807, 2.05) is 32.0 Å². The minimum atomic E-state index is 0.422. The quantitative estimate of drug-likeness (QED) is 0.480. The molecule has 0 spiro atoms. The highest BCUT2D eigenvalue weighted by atomic mass is 35.5. The molecule has 4 rings (SSSR count). The van der Waals surface area contributed by atoms with Gasteiger partial charge in [-0.25, -0.2) is 9.97 Å². The first-order valence-electron chi connectivity index (χ1n) is 8.86. The highest BCUT2D eigenvalue weighted by molar-refractivity contribution is 6.30. The number of anilines is 4. The molecule has 0 aliphatic heterocycles. The predicted molar refractivity (Wildman–Crippen MR) is 114 cm³/mol. The maximum Gasteiger partial charge on any atom is 0.231 e. The molecular formula is C21H19ClN6. The average molecular weight is 391 g/mol. The minimum Gasteiger partial charge on any atom is -0.338 e. The van der Waals surface area contributed by atoms with Gasteiger partial charge in [-0.3, -0.25) is 0 Å². The molecule has 6 nitrogen and oxygen atoms in total. The molecule has 2 heterocycles. The van der Waals surface area contributed by atoms with Gasteiger partial charge in [0.15, 0.2) is 17.0 Å². The van der Waals surface area contributed by atoms with E-state index in [2.05, 4.69) is 55.7 Å². The van der Waals surface area contributed by atoms with Crippen LogP contribution >= 0.6 is 11.6 Å². The number of rotatable bonds is 4. The smallest absolute Gasteiger partial charge is 0.231 e. The number of aromatic nitrogens is 4. The summed E-state index contributed by atoms with van der Waals surface area (Å²) in [4.78, 5) is 17.9. The molecule has 0 bridgehead atoms. The molecule has 4 aromatic rings. The number of halogens is 1. The zero-order chi connectivity index (χ0) is 19.7. The fraction of sp³-hybridized carbons (Fsp3) is 0.143. The summed E-state index contributed by atoms with van der Waals surface area (Å²) in [6.45, 7) is 6.09. The van der Waals surface area contributed by atoms with Crippen LogP contribution in [-0.4, -0.2) is 19.9 Å². The van der Waals surface area contributed by atoms with Crippen molar-refractivity contribution in [3.05, 3.63) is 70.5 Å². The van der Waals surface area contributed by atoms with Gasteiger partial charge in [-0.2, -0.15) is 9.97 Å². The van der Waals surface area contributed by atoms with Gasteiger partial charge in [0.2, 0.25) is 5.95 Å². The number of aryl methyl sites for hydroxylation is 3. The number of nitrogens with one attached hydrogen (secondary N) is 2. The Balaban J connectivity index is 1.79. The lowest BCUT2D eigenvalue weighted by molar-refractivity contribution is 1.14. The van der Waals surface area contributed by atoms with Crippen LogP contribution in [0.3, 0.4) is 0 Å². The zero-order valence-electron chi connectivity index (χ0n) is 15.8. The van der Waals surface area contributed by atoms with Crippen LogP contribution in [0.5, 0.6) is 0 Å². The second-order valence-electron chi connectivity index (χ2n) is 6.65. The molecule has 0 radical (unpaired) electrons. The van der Waals surface area contributed by atoms with Gasteiger partial charge in [-0.15, -0.1) is 0 Å². The third-order valence-electron chi connectivity index (χ3n) is 4.42. The summed E-state index contributed by atoms with van der Waals surface area (Å²) in [5.41, 5.74) is 6.23. The SMILES string of the molecule is Cc1ccc(C)c(Nc2nc(Nc3cc(Cl)ccc3C)nc3nccnc23)c1. The van der Waals surface area contributed by atoms with Crippen molar-refractivity contribution in [2.24, 2.45) is 0 Å². The van der Waals surface area contributed by atoms with Crippen molar-refractivity contribution in [3.8, 4) is 0 Å². The van der Waals surface area contributed by atoms with Crippen LogP contribution in [0.2, 0.25) is 5.02 Å². The Hall–Kier alpha value is -3.25. The van der Waals surface area contributed by atoms with Crippen molar-refractivity contribution in [2.75, 3.05) is 10.6 Å². The molecule has 0 unspecified atom stereocenters. The lowest BCUT2D eigenvalue weighted by atomic mass is 10.1. The Bertz CT molecular complexity index is 1170. The first-order valence-corrected chi connectivity index (χ1v) is 9.23. The van der Waals surface area contributed by atoms with Gasteiger partial charge in [0, 0.05) is 28.8 Å². The van der Waals surface area contributed by atoms with Gasteiger partial charge >= 0.3 is 0 Å². The molecule has 0 atom stereocenters. The van der Waals surface area contributed by atoms with Crippen molar-refractivity contribution in [2.45, 2.75) is 20.8 Å². The van der Waals surface area contributed by atoms with Gasteiger partial charge in [0.1, 0.15) is 0 Å². The highest BCUT2D eigenvalue weighted by Gasteiger charge is 2.12. The van der Waals surface area contributed by atoms with Crippen LogP contribution in [0.4, 0.5) is 23.1 Å². The number of hydrogen-bond donors (Lipinski definition) is 2. The van der Waals surface area contributed by atoms with E-state index in [-0.39, 0.29) is 0 Å². The monoisotopic (exact) mass is 390 g/mol. The molecule has 7 heteroatoms. The second kappa shape index (κ2) is 7.40. The molecule has 0 amide bonds. The number of nitrogens with zero attached hydrogens (tertiary/aromatic N) is 4. The lowest BCUT2D eigenvalue weighted by Gasteiger charge is -2.14. The molecule has 2 N–H and O–H groups in total. The number of fused-ring (bicyclic) bond motifs is 1. The largest absolute Gasteiger partial charge is 0.338 e. The van der Waals surface area contributed by atoms with Crippen molar-refractivity contribution in [1.29, 1.82) is 0 Å². The summed E-state index contributed by atoms with van der Waals surface area (Å²) in [7, 11) is 0. The molecule has 0 aliphatic carbocycles. The molecule has 0 aliphatic rings. The van der Waals surface area contributed by atoms with Crippen molar-refractivity contribution >= 4 is 45.9 Å². The molecule has 0 saturated heterocycles.